The molecular weight excluding hydrogens is 326 g/mol. The van der Waals surface area contributed by atoms with E-state index in [0.717, 1.165) is 50.1 Å². The highest BCUT2D eigenvalue weighted by Crippen LogP contribution is 2.30. The number of carbonyl (C=O) groups is 1. The molecule has 1 amide bonds. The van der Waals surface area contributed by atoms with Crippen molar-refractivity contribution in [3.8, 4) is 0 Å². The van der Waals surface area contributed by atoms with Crippen LogP contribution in [0.15, 0.2) is 36.7 Å². The first kappa shape index (κ1) is 16.0. The molecule has 2 fully saturated rings. The van der Waals surface area contributed by atoms with E-state index < -0.39 is 17.5 Å². The Balaban J connectivity index is 1.50. The molecule has 0 aliphatic carbocycles. The van der Waals surface area contributed by atoms with E-state index in [1.54, 1.807) is 12.3 Å². The fourth-order valence-corrected chi connectivity index (χ4v) is 3.62. The summed E-state index contributed by atoms with van der Waals surface area (Å²) in [4.78, 5) is 18.8. The van der Waals surface area contributed by atoms with E-state index in [0.29, 0.717) is 17.4 Å². The Morgan fingerprint density at radius 2 is 1.76 bits per heavy atom. The second kappa shape index (κ2) is 6.40. The number of hydrogen-bond donors (Lipinski definition) is 2. The van der Waals surface area contributed by atoms with E-state index in [1.165, 1.54) is 6.20 Å². The maximum Gasteiger partial charge on any atom is 0.257 e. The highest BCUT2D eigenvalue weighted by Gasteiger charge is 2.36. The summed E-state index contributed by atoms with van der Waals surface area (Å²) < 4.78 is 26.5. The summed E-state index contributed by atoms with van der Waals surface area (Å²) >= 11 is 0. The number of aromatic nitrogens is 1. The highest BCUT2D eigenvalue weighted by molar-refractivity contribution is 6.04. The first-order chi connectivity index (χ1) is 12.1. The fraction of sp³-hybridized carbons (Fsp3) is 0.333. The minimum absolute atomic E-state index is 0.0784. The molecule has 0 spiro atoms. The van der Waals surface area contributed by atoms with Crippen molar-refractivity contribution in [2.75, 3.05) is 36.4 Å². The minimum atomic E-state index is -0.737. The van der Waals surface area contributed by atoms with E-state index in [2.05, 4.69) is 20.5 Å². The molecular formula is C18H18F2N4O. The number of pyridine rings is 1. The number of nitrogens with one attached hydrogen (secondary N) is 2. The second-order valence-corrected chi connectivity index (χ2v) is 6.63. The standard InChI is InChI=1S/C18H18F2N4O/c19-14-2-15(20)4-16(3-14)23-18(25)11-1-17(8-22-5-11)24-9-12-6-21-7-13(12)10-24/h1-5,8,12-13,21H,6-7,9-10H2,(H,23,25)/t12-,13+. The van der Waals surface area contributed by atoms with Crippen LogP contribution in [0, 0.1) is 23.5 Å². The second-order valence-electron chi connectivity index (χ2n) is 6.63. The fourth-order valence-electron chi connectivity index (χ4n) is 3.62. The lowest BCUT2D eigenvalue weighted by Crippen LogP contribution is -2.26. The van der Waals surface area contributed by atoms with Crippen LogP contribution >= 0.6 is 0 Å². The van der Waals surface area contributed by atoms with E-state index in [-0.39, 0.29) is 5.69 Å². The van der Waals surface area contributed by atoms with E-state index in [1.807, 2.05) is 0 Å². The summed E-state index contributed by atoms with van der Waals surface area (Å²) in [6.07, 6.45) is 3.19. The summed E-state index contributed by atoms with van der Waals surface area (Å²) in [6, 6.07) is 4.68. The van der Waals surface area contributed by atoms with E-state index >= 15 is 0 Å². The Labute approximate surface area is 144 Å². The van der Waals surface area contributed by atoms with Gasteiger partial charge in [0.1, 0.15) is 11.6 Å². The third kappa shape index (κ3) is 3.32. The van der Waals surface area contributed by atoms with Gasteiger partial charge in [0.05, 0.1) is 17.4 Å². The van der Waals surface area contributed by atoms with Crippen LogP contribution in [0.4, 0.5) is 20.2 Å². The van der Waals surface area contributed by atoms with Crippen LogP contribution in [-0.4, -0.2) is 37.1 Å². The lowest BCUT2D eigenvalue weighted by Gasteiger charge is -2.19. The number of anilines is 2. The van der Waals surface area contributed by atoms with Crippen LogP contribution in [0.1, 0.15) is 10.4 Å². The third-order valence-electron chi connectivity index (χ3n) is 4.86. The van der Waals surface area contributed by atoms with Gasteiger partial charge < -0.3 is 15.5 Å². The van der Waals surface area contributed by atoms with E-state index in [9.17, 15) is 13.6 Å². The molecule has 2 aromatic rings. The number of hydrogen-bond acceptors (Lipinski definition) is 4. The monoisotopic (exact) mass is 344 g/mol. The number of rotatable bonds is 3. The van der Waals surface area contributed by atoms with E-state index in [4.69, 9.17) is 0 Å². The smallest absolute Gasteiger partial charge is 0.257 e. The van der Waals surface area contributed by atoms with Gasteiger partial charge >= 0.3 is 0 Å². The first-order valence-corrected chi connectivity index (χ1v) is 8.26. The van der Waals surface area contributed by atoms with Gasteiger partial charge in [-0.1, -0.05) is 0 Å². The van der Waals surface area contributed by atoms with Gasteiger partial charge in [-0.05, 0) is 30.0 Å². The number of carbonyl (C=O) groups excluding carboxylic acids is 1. The third-order valence-corrected chi connectivity index (χ3v) is 4.86. The maximum atomic E-state index is 13.2. The predicted molar refractivity (Wildman–Crippen MR) is 90.6 cm³/mol. The van der Waals surface area contributed by atoms with Crippen LogP contribution in [0.3, 0.4) is 0 Å². The van der Waals surface area contributed by atoms with Crippen LogP contribution < -0.4 is 15.5 Å². The van der Waals surface area contributed by atoms with Crippen molar-refractivity contribution < 1.29 is 13.6 Å². The minimum Gasteiger partial charge on any atom is -0.370 e. The van der Waals surface area contributed by atoms with Gasteiger partial charge in [-0.25, -0.2) is 8.78 Å². The van der Waals surface area contributed by atoms with Crippen LogP contribution in [-0.2, 0) is 0 Å². The van der Waals surface area contributed by atoms with Crippen molar-refractivity contribution in [3.05, 3.63) is 53.9 Å². The van der Waals surface area contributed by atoms with Crippen molar-refractivity contribution in [1.82, 2.24) is 10.3 Å². The molecule has 1 aromatic heterocycles. The Morgan fingerprint density at radius 1 is 1.08 bits per heavy atom. The first-order valence-electron chi connectivity index (χ1n) is 8.26. The zero-order valence-corrected chi connectivity index (χ0v) is 13.5. The Bertz CT molecular complexity index is 781. The average molecular weight is 344 g/mol. The quantitative estimate of drug-likeness (QED) is 0.897. The summed E-state index contributed by atoms with van der Waals surface area (Å²) in [5.74, 6) is -0.653. The molecule has 3 heterocycles. The predicted octanol–water partition coefficient (Wildman–Crippen LogP) is 2.27. The molecule has 2 saturated heterocycles. The van der Waals surface area contributed by atoms with Gasteiger partial charge in [0.15, 0.2) is 0 Å². The molecule has 4 rings (SSSR count). The molecule has 7 heteroatoms. The molecule has 2 aliphatic heterocycles. The Kier molecular flexibility index (Phi) is 4.09. The molecule has 1 aromatic carbocycles. The number of amides is 1. The van der Waals surface area contributed by atoms with Crippen molar-refractivity contribution >= 4 is 17.3 Å². The zero-order valence-electron chi connectivity index (χ0n) is 13.5. The maximum absolute atomic E-state index is 13.2. The molecule has 25 heavy (non-hydrogen) atoms. The summed E-state index contributed by atoms with van der Waals surface area (Å²) in [6.45, 7) is 3.94. The van der Waals surface area contributed by atoms with Gasteiger partial charge in [-0.15, -0.1) is 0 Å². The molecule has 0 saturated carbocycles. The molecule has 0 bridgehead atoms. The van der Waals surface area contributed by atoms with Gasteiger partial charge in [0, 0.05) is 44.1 Å². The van der Waals surface area contributed by atoms with Crippen molar-refractivity contribution in [2.24, 2.45) is 11.8 Å². The van der Waals surface area contributed by atoms with Gasteiger partial charge in [-0.2, -0.15) is 0 Å². The topological polar surface area (TPSA) is 57.3 Å². The normalized spacial score (nSPS) is 22.1. The van der Waals surface area contributed by atoms with Gasteiger partial charge in [-0.3, -0.25) is 9.78 Å². The van der Waals surface area contributed by atoms with Crippen LogP contribution in [0.2, 0.25) is 0 Å². The number of benzene rings is 1. The Hall–Kier alpha value is -2.54. The van der Waals surface area contributed by atoms with Crippen LogP contribution in [0.5, 0.6) is 0 Å². The Morgan fingerprint density at radius 3 is 2.44 bits per heavy atom. The van der Waals surface area contributed by atoms with Crippen LogP contribution in [0.25, 0.3) is 0 Å². The lowest BCUT2D eigenvalue weighted by molar-refractivity contribution is 0.102. The zero-order chi connectivity index (χ0) is 17.4. The van der Waals surface area contributed by atoms with Crippen molar-refractivity contribution in [3.63, 3.8) is 0 Å². The summed E-state index contributed by atoms with van der Waals surface area (Å²) in [5, 5.41) is 5.90. The molecule has 0 unspecified atom stereocenters. The molecule has 2 aliphatic rings. The lowest BCUT2D eigenvalue weighted by atomic mass is 10.0. The SMILES string of the molecule is O=C(Nc1cc(F)cc(F)c1)c1cncc(N2C[C@H]3CNC[C@H]3C2)c1. The van der Waals surface area contributed by atoms with Crippen molar-refractivity contribution in [1.29, 1.82) is 0 Å². The van der Waals surface area contributed by atoms with Crippen molar-refractivity contribution in [2.45, 2.75) is 0 Å². The largest absolute Gasteiger partial charge is 0.370 e. The summed E-state index contributed by atoms with van der Waals surface area (Å²) in [7, 11) is 0. The number of nitrogens with zero attached hydrogens (tertiary/aromatic N) is 2. The molecule has 2 atom stereocenters. The summed E-state index contributed by atoms with van der Waals surface area (Å²) in [5.41, 5.74) is 1.33. The molecule has 130 valence electrons. The van der Waals surface area contributed by atoms with Gasteiger partial charge in [0.25, 0.3) is 5.91 Å². The molecule has 2 N–H and O–H groups in total. The molecule has 0 radical (unpaired) electrons. The molecule has 5 nitrogen and oxygen atoms in total. The van der Waals surface area contributed by atoms with Gasteiger partial charge in [0.2, 0.25) is 0 Å². The number of halogens is 2. The number of fused-ring (bicyclic) bond motifs is 1. The highest BCUT2D eigenvalue weighted by atomic mass is 19.1. The average Bonchev–Trinajstić information content (AvgIpc) is 3.15.